The van der Waals surface area contributed by atoms with E-state index in [1.165, 1.54) is 0 Å². The van der Waals surface area contributed by atoms with Gasteiger partial charge in [-0.25, -0.2) is 4.98 Å². The van der Waals surface area contributed by atoms with E-state index in [-0.39, 0.29) is 6.01 Å². The molecule has 0 saturated carbocycles. The Morgan fingerprint density at radius 2 is 2.12 bits per heavy atom. The van der Waals surface area contributed by atoms with Gasteiger partial charge in [-0.3, -0.25) is 0 Å². The van der Waals surface area contributed by atoms with Crippen molar-refractivity contribution in [3.05, 3.63) is 35.2 Å². The molecule has 0 aliphatic rings. The Kier molecular flexibility index (Phi) is 2.07. The highest BCUT2D eigenvalue weighted by Gasteiger charge is 2.08. The quantitative estimate of drug-likeness (QED) is 0.729. The number of benzene rings is 1. The maximum Gasteiger partial charge on any atom is 0.312 e. The van der Waals surface area contributed by atoms with Gasteiger partial charge in [0, 0.05) is 0 Å². The summed E-state index contributed by atoms with van der Waals surface area (Å²) in [4.78, 5) is 4.47. The molecule has 0 amide bonds. The normalized spacial score (nSPS) is 11.0. The van der Waals surface area contributed by atoms with Gasteiger partial charge in [-0.15, -0.1) is 16.4 Å². The number of hydrogen-bond donors (Lipinski definition) is 1. The van der Waals surface area contributed by atoms with Gasteiger partial charge in [0.2, 0.25) is 5.89 Å². The molecular weight excluding hydrogens is 224 g/mol. The summed E-state index contributed by atoms with van der Waals surface area (Å²) in [5.74, 6) is 0.497. The minimum absolute atomic E-state index is 0.0936. The number of aromatic nitrogens is 3. The zero-order valence-corrected chi connectivity index (χ0v) is 9.07. The van der Waals surface area contributed by atoms with Crippen LogP contribution in [0.15, 0.2) is 28.7 Å². The van der Waals surface area contributed by atoms with E-state index in [1.54, 1.807) is 11.3 Å². The van der Waals surface area contributed by atoms with Crippen LogP contribution in [-0.2, 0) is 6.42 Å². The van der Waals surface area contributed by atoms with Gasteiger partial charge >= 0.3 is 6.01 Å². The van der Waals surface area contributed by atoms with Crippen LogP contribution in [-0.4, -0.2) is 15.2 Å². The summed E-state index contributed by atoms with van der Waals surface area (Å²) >= 11 is 1.62. The van der Waals surface area contributed by atoms with Crippen LogP contribution in [0.4, 0.5) is 6.01 Å². The van der Waals surface area contributed by atoms with Crippen molar-refractivity contribution in [3.8, 4) is 0 Å². The first-order valence-electron chi connectivity index (χ1n) is 4.73. The molecule has 0 unspecified atom stereocenters. The maximum atomic E-state index is 5.35. The first kappa shape index (κ1) is 9.29. The van der Waals surface area contributed by atoms with E-state index >= 15 is 0 Å². The van der Waals surface area contributed by atoms with E-state index < -0.39 is 0 Å². The van der Waals surface area contributed by atoms with Crippen LogP contribution in [0.1, 0.15) is 10.9 Å². The average Bonchev–Trinajstić information content (AvgIpc) is 2.84. The fourth-order valence-electron chi connectivity index (χ4n) is 1.46. The standard InChI is InChI=1S/C10H8N4OS/c11-10-14-13-8(15-10)5-9-12-6-3-1-2-4-7(6)16-9/h1-4H,5H2,(H2,11,14). The fraction of sp³-hybridized carbons (Fsp3) is 0.100. The average molecular weight is 232 g/mol. The van der Waals surface area contributed by atoms with Crippen LogP contribution in [0.3, 0.4) is 0 Å². The third-order valence-electron chi connectivity index (χ3n) is 2.12. The Balaban J connectivity index is 1.95. The summed E-state index contributed by atoms with van der Waals surface area (Å²) < 4.78 is 6.26. The van der Waals surface area contributed by atoms with Crippen LogP contribution < -0.4 is 5.73 Å². The molecule has 0 saturated heterocycles. The summed E-state index contributed by atoms with van der Waals surface area (Å²) in [7, 11) is 0. The predicted molar refractivity (Wildman–Crippen MR) is 61.1 cm³/mol. The lowest BCUT2D eigenvalue weighted by molar-refractivity contribution is 0.522. The molecule has 0 bridgehead atoms. The zero-order chi connectivity index (χ0) is 11.0. The number of hydrogen-bond acceptors (Lipinski definition) is 6. The van der Waals surface area contributed by atoms with Crippen molar-refractivity contribution < 1.29 is 4.42 Å². The molecule has 0 aliphatic carbocycles. The van der Waals surface area contributed by atoms with Crippen LogP contribution >= 0.6 is 11.3 Å². The SMILES string of the molecule is Nc1nnc(Cc2nc3ccccc3s2)o1. The molecule has 80 valence electrons. The molecule has 1 aromatic carbocycles. The number of nitrogens with zero attached hydrogens (tertiary/aromatic N) is 3. The second-order valence-corrected chi connectivity index (χ2v) is 4.40. The number of rotatable bonds is 2. The molecule has 0 aliphatic heterocycles. The molecule has 5 nitrogen and oxygen atoms in total. The van der Waals surface area contributed by atoms with Gasteiger partial charge in [-0.05, 0) is 12.1 Å². The van der Waals surface area contributed by atoms with E-state index in [9.17, 15) is 0 Å². The van der Waals surface area contributed by atoms with E-state index in [2.05, 4.69) is 15.2 Å². The molecule has 0 spiro atoms. The van der Waals surface area contributed by atoms with Crippen LogP contribution in [0.25, 0.3) is 10.2 Å². The lowest BCUT2D eigenvalue weighted by atomic mass is 10.3. The Morgan fingerprint density at radius 1 is 1.25 bits per heavy atom. The molecule has 6 heteroatoms. The highest BCUT2D eigenvalue weighted by Crippen LogP contribution is 2.23. The second kappa shape index (κ2) is 3.57. The molecule has 3 aromatic rings. The van der Waals surface area contributed by atoms with Crippen LogP contribution in [0, 0.1) is 0 Å². The van der Waals surface area contributed by atoms with E-state index in [0.29, 0.717) is 12.3 Å². The first-order valence-corrected chi connectivity index (χ1v) is 5.55. The topological polar surface area (TPSA) is 77.8 Å². The molecule has 2 N–H and O–H groups in total. The van der Waals surface area contributed by atoms with Crippen molar-refractivity contribution in [2.75, 3.05) is 5.73 Å². The van der Waals surface area contributed by atoms with Crippen molar-refractivity contribution in [2.24, 2.45) is 0 Å². The van der Waals surface area contributed by atoms with Crippen molar-refractivity contribution in [1.82, 2.24) is 15.2 Å². The summed E-state index contributed by atoms with van der Waals surface area (Å²) in [6, 6.07) is 8.08. The highest BCUT2D eigenvalue weighted by molar-refractivity contribution is 7.18. The summed E-state index contributed by atoms with van der Waals surface area (Å²) in [6.45, 7) is 0. The minimum Gasteiger partial charge on any atom is -0.408 e. The largest absolute Gasteiger partial charge is 0.408 e. The minimum atomic E-state index is 0.0936. The van der Waals surface area contributed by atoms with E-state index in [1.807, 2.05) is 24.3 Å². The number of nitrogen functional groups attached to an aromatic ring is 1. The van der Waals surface area contributed by atoms with E-state index in [4.69, 9.17) is 10.2 Å². The van der Waals surface area contributed by atoms with Crippen molar-refractivity contribution in [3.63, 3.8) is 0 Å². The predicted octanol–water partition coefficient (Wildman–Crippen LogP) is 1.85. The Hall–Kier alpha value is -1.95. The Labute approximate surface area is 94.9 Å². The molecule has 0 fully saturated rings. The van der Waals surface area contributed by atoms with Gasteiger partial charge in [0.15, 0.2) is 0 Å². The summed E-state index contributed by atoms with van der Waals surface area (Å²) in [5, 5.41) is 8.36. The van der Waals surface area contributed by atoms with Crippen LogP contribution in [0.2, 0.25) is 0 Å². The molecule has 2 aromatic heterocycles. The molecule has 3 rings (SSSR count). The van der Waals surface area contributed by atoms with Crippen molar-refractivity contribution in [2.45, 2.75) is 6.42 Å². The smallest absolute Gasteiger partial charge is 0.312 e. The van der Waals surface area contributed by atoms with E-state index in [0.717, 1.165) is 15.2 Å². The lowest BCUT2D eigenvalue weighted by Crippen LogP contribution is -1.86. The molecule has 2 heterocycles. The molecule has 0 radical (unpaired) electrons. The van der Waals surface area contributed by atoms with Crippen LogP contribution in [0.5, 0.6) is 0 Å². The first-order chi connectivity index (χ1) is 7.81. The summed E-state index contributed by atoms with van der Waals surface area (Å²) in [5.41, 5.74) is 6.35. The third kappa shape index (κ3) is 1.63. The van der Waals surface area contributed by atoms with Crippen molar-refractivity contribution >= 4 is 27.6 Å². The van der Waals surface area contributed by atoms with Gasteiger partial charge in [-0.2, -0.15) is 0 Å². The fourth-order valence-corrected chi connectivity index (χ4v) is 2.42. The maximum absolute atomic E-state index is 5.35. The number of fused-ring (bicyclic) bond motifs is 1. The molecule has 0 atom stereocenters. The second-order valence-electron chi connectivity index (χ2n) is 3.29. The Bertz CT molecular complexity index is 597. The third-order valence-corrected chi connectivity index (χ3v) is 3.16. The molecule has 16 heavy (non-hydrogen) atoms. The number of thiazole rings is 1. The lowest BCUT2D eigenvalue weighted by Gasteiger charge is -1.86. The number of anilines is 1. The van der Waals surface area contributed by atoms with Gasteiger partial charge in [-0.1, -0.05) is 17.2 Å². The van der Waals surface area contributed by atoms with Gasteiger partial charge < -0.3 is 10.2 Å². The van der Waals surface area contributed by atoms with Crippen molar-refractivity contribution in [1.29, 1.82) is 0 Å². The number of para-hydroxylation sites is 1. The summed E-state index contributed by atoms with van der Waals surface area (Å²) in [6.07, 6.45) is 0.531. The monoisotopic (exact) mass is 232 g/mol. The number of nitrogens with two attached hydrogens (primary N) is 1. The highest BCUT2D eigenvalue weighted by atomic mass is 32.1. The van der Waals surface area contributed by atoms with Gasteiger partial charge in [0.25, 0.3) is 0 Å². The Morgan fingerprint density at radius 3 is 2.88 bits per heavy atom. The molecular formula is C10H8N4OS. The van der Waals surface area contributed by atoms with Gasteiger partial charge in [0.1, 0.15) is 5.01 Å². The van der Waals surface area contributed by atoms with Gasteiger partial charge in [0.05, 0.1) is 16.6 Å². The zero-order valence-electron chi connectivity index (χ0n) is 8.25.